The van der Waals surface area contributed by atoms with E-state index in [-0.39, 0.29) is 25.4 Å². The molecule has 0 N–H and O–H groups in total. The number of amides is 1. The highest BCUT2D eigenvalue weighted by Crippen LogP contribution is 2.30. The van der Waals surface area contributed by atoms with E-state index < -0.39 is 17.1 Å². The number of nitrogens with zero attached hydrogens (tertiary/aromatic N) is 6. The van der Waals surface area contributed by atoms with Gasteiger partial charge in [0, 0.05) is 25.2 Å². The number of hydrogen-bond acceptors (Lipinski definition) is 7. The summed E-state index contributed by atoms with van der Waals surface area (Å²) in [6, 6.07) is 4.21. The Balaban J connectivity index is 1.64. The van der Waals surface area contributed by atoms with E-state index in [0.717, 1.165) is 17.4 Å². The third-order valence-corrected chi connectivity index (χ3v) is 7.75. The molecule has 0 atom stereocenters. The number of methoxy groups -OCH3 is 1. The molecule has 1 fully saturated rings. The Bertz CT molecular complexity index is 1550. The highest BCUT2D eigenvalue weighted by atomic mass is 32.1. The standard InChI is InChI=1S/C24H25FN6O4S/c1-15-20-21(33)30(14-19(32)28-10-3-4-11-28)24(34)29(23(20)36-22(15)31-26-8-9-27-31)12-7-16-13-17(25)5-6-18(16)35-2/h5-6,8-9,13H,3-4,7,10-12,14H2,1-2H3. The number of carbonyl (C=O) groups excluding carboxylic acids is 1. The Hall–Kier alpha value is -3.80. The molecule has 12 heteroatoms. The number of halogens is 1. The molecule has 1 aromatic carbocycles. The maximum Gasteiger partial charge on any atom is 0.332 e. The smallest absolute Gasteiger partial charge is 0.332 e. The Labute approximate surface area is 209 Å². The van der Waals surface area contributed by atoms with Crippen molar-refractivity contribution < 1.29 is 13.9 Å². The number of ether oxygens (including phenoxy) is 1. The largest absolute Gasteiger partial charge is 0.496 e. The second-order valence-corrected chi connectivity index (χ2v) is 9.63. The molecule has 0 spiro atoms. The molecule has 0 saturated carbocycles. The minimum atomic E-state index is -0.586. The van der Waals surface area contributed by atoms with E-state index in [1.54, 1.807) is 11.8 Å². The van der Waals surface area contributed by atoms with Crippen LogP contribution in [0.3, 0.4) is 0 Å². The van der Waals surface area contributed by atoms with Crippen molar-refractivity contribution in [2.24, 2.45) is 0 Å². The van der Waals surface area contributed by atoms with Gasteiger partial charge in [0.15, 0.2) is 0 Å². The summed E-state index contributed by atoms with van der Waals surface area (Å²) in [5.41, 5.74) is 0.104. The van der Waals surface area contributed by atoms with Gasteiger partial charge in [0.1, 0.15) is 27.9 Å². The van der Waals surface area contributed by atoms with Crippen molar-refractivity contribution in [1.29, 1.82) is 0 Å². The Morgan fingerprint density at radius 3 is 2.56 bits per heavy atom. The molecule has 3 aromatic heterocycles. The number of likely N-dealkylation sites (tertiary alicyclic amines) is 1. The minimum Gasteiger partial charge on any atom is -0.496 e. The lowest BCUT2D eigenvalue weighted by atomic mass is 10.1. The summed E-state index contributed by atoms with van der Waals surface area (Å²) in [4.78, 5) is 43.6. The van der Waals surface area contributed by atoms with Crippen molar-refractivity contribution >= 4 is 27.5 Å². The van der Waals surface area contributed by atoms with E-state index in [0.29, 0.717) is 45.2 Å². The van der Waals surface area contributed by atoms with Crippen LogP contribution in [0.15, 0.2) is 40.2 Å². The van der Waals surface area contributed by atoms with Gasteiger partial charge in [-0.1, -0.05) is 11.3 Å². The number of fused-ring (bicyclic) bond motifs is 1. The number of aromatic nitrogens is 5. The highest BCUT2D eigenvalue weighted by Gasteiger charge is 2.25. The molecule has 5 rings (SSSR count). The Kier molecular flexibility index (Phi) is 6.44. The van der Waals surface area contributed by atoms with Crippen LogP contribution in [-0.4, -0.2) is 55.1 Å². The fourth-order valence-electron chi connectivity index (χ4n) is 4.61. The van der Waals surface area contributed by atoms with E-state index >= 15 is 0 Å². The van der Waals surface area contributed by atoms with Crippen LogP contribution in [-0.2, 0) is 24.3 Å². The molecule has 1 aliphatic heterocycles. The molecule has 0 bridgehead atoms. The van der Waals surface area contributed by atoms with Gasteiger partial charge >= 0.3 is 5.69 Å². The second kappa shape index (κ2) is 9.69. The summed E-state index contributed by atoms with van der Waals surface area (Å²) in [6.45, 7) is 2.84. The quantitative estimate of drug-likeness (QED) is 0.376. The molecule has 1 amide bonds. The van der Waals surface area contributed by atoms with Crippen LogP contribution < -0.4 is 16.0 Å². The molecule has 4 aromatic rings. The van der Waals surface area contributed by atoms with Gasteiger partial charge in [0.25, 0.3) is 5.56 Å². The first kappa shape index (κ1) is 23.9. The molecule has 36 heavy (non-hydrogen) atoms. The van der Waals surface area contributed by atoms with Gasteiger partial charge in [0.05, 0.1) is 24.9 Å². The number of carbonyl (C=O) groups is 1. The Morgan fingerprint density at radius 1 is 1.14 bits per heavy atom. The van der Waals surface area contributed by atoms with Crippen molar-refractivity contribution in [3.05, 3.63) is 68.4 Å². The zero-order valence-corrected chi connectivity index (χ0v) is 20.8. The van der Waals surface area contributed by atoms with Gasteiger partial charge in [-0.05, 0) is 49.9 Å². The number of benzene rings is 1. The fraction of sp³-hybridized carbons (Fsp3) is 0.375. The SMILES string of the molecule is COc1ccc(F)cc1CCn1c(=O)n(CC(=O)N2CCCC2)c(=O)c2c(C)c(-n3nccn3)sc21. The highest BCUT2D eigenvalue weighted by molar-refractivity contribution is 7.21. The molecule has 0 radical (unpaired) electrons. The molecule has 1 saturated heterocycles. The summed E-state index contributed by atoms with van der Waals surface area (Å²) in [5.74, 6) is -0.170. The average molecular weight is 513 g/mol. The maximum atomic E-state index is 13.9. The van der Waals surface area contributed by atoms with Crippen LogP contribution >= 0.6 is 11.3 Å². The lowest BCUT2D eigenvalue weighted by molar-refractivity contribution is -0.130. The lowest BCUT2D eigenvalue weighted by Gasteiger charge is -2.17. The number of rotatable bonds is 7. The molecule has 10 nitrogen and oxygen atoms in total. The minimum absolute atomic E-state index is 0.152. The van der Waals surface area contributed by atoms with Crippen LogP contribution in [0.5, 0.6) is 5.75 Å². The third-order valence-electron chi connectivity index (χ3n) is 6.47. The zero-order valence-electron chi connectivity index (χ0n) is 19.9. The van der Waals surface area contributed by atoms with Crippen molar-refractivity contribution in [3.8, 4) is 10.8 Å². The molecular weight excluding hydrogens is 487 g/mol. The van der Waals surface area contributed by atoms with Gasteiger partial charge in [-0.2, -0.15) is 10.2 Å². The van der Waals surface area contributed by atoms with E-state index in [9.17, 15) is 18.8 Å². The molecule has 188 valence electrons. The number of aryl methyl sites for hydroxylation is 3. The Morgan fingerprint density at radius 2 is 1.86 bits per heavy atom. The van der Waals surface area contributed by atoms with Crippen molar-refractivity contribution in [2.45, 2.75) is 39.3 Å². The summed E-state index contributed by atoms with van der Waals surface area (Å²) in [6.07, 6.45) is 5.15. The van der Waals surface area contributed by atoms with E-state index in [1.165, 1.54) is 58.4 Å². The van der Waals surface area contributed by atoms with Gasteiger partial charge < -0.3 is 9.64 Å². The topological polar surface area (TPSA) is 104 Å². The predicted molar refractivity (Wildman–Crippen MR) is 132 cm³/mol. The van der Waals surface area contributed by atoms with E-state index in [4.69, 9.17) is 4.74 Å². The molecule has 0 unspecified atom stereocenters. The van der Waals surface area contributed by atoms with Gasteiger partial charge in [-0.3, -0.25) is 18.7 Å². The zero-order chi connectivity index (χ0) is 25.4. The molecular formula is C24H25FN6O4S. The lowest BCUT2D eigenvalue weighted by Crippen LogP contribution is -2.44. The van der Waals surface area contributed by atoms with Crippen LogP contribution in [0.25, 0.3) is 15.2 Å². The first-order valence-electron chi connectivity index (χ1n) is 11.6. The van der Waals surface area contributed by atoms with Gasteiger partial charge in [0.2, 0.25) is 5.91 Å². The fourth-order valence-corrected chi connectivity index (χ4v) is 5.84. The van der Waals surface area contributed by atoms with Crippen molar-refractivity contribution in [1.82, 2.24) is 29.0 Å². The predicted octanol–water partition coefficient (Wildman–Crippen LogP) is 2.13. The summed E-state index contributed by atoms with van der Waals surface area (Å²) < 4.78 is 21.8. The molecule has 0 aliphatic carbocycles. The summed E-state index contributed by atoms with van der Waals surface area (Å²) in [7, 11) is 1.50. The van der Waals surface area contributed by atoms with Crippen molar-refractivity contribution in [3.63, 3.8) is 0 Å². The molecule has 1 aliphatic rings. The summed E-state index contributed by atoms with van der Waals surface area (Å²) >= 11 is 1.22. The van der Waals surface area contributed by atoms with Crippen LogP contribution in [0, 0.1) is 12.7 Å². The third kappa shape index (κ3) is 4.21. The van der Waals surface area contributed by atoms with Gasteiger partial charge in [-0.15, -0.1) is 4.80 Å². The van der Waals surface area contributed by atoms with Crippen LogP contribution in [0.2, 0.25) is 0 Å². The number of thiophene rings is 1. The van der Waals surface area contributed by atoms with E-state index in [1.807, 2.05) is 0 Å². The normalized spacial score (nSPS) is 13.6. The van der Waals surface area contributed by atoms with E-state index in [2.05, 4.69) is 10.2 Å². The first-order chi connectivity index (χ1) is 17.4. The van der Waals surface area contributed by atoms with Crippen LogP contribution in [0.1, 0.15) is 24.0 Å². The first-order valence-corrected chi connectivity index (χ1v) is 12.4. The monoisotopic (exact) mass is 512 g/mol. The van der Waals surface area contributed by atoms with Gasteiger partial charge in [-0.25, -0.2) is 9.18 Å². The van der Waals surface area contributed by atoms with Crippen LogP contribution in [0.4, 0.5) is 4.39 Å². The number of hydrogen-bond donors (Lipinski definition) is 0. The average Bonchev–Trinajstić information content (AvgIpc) is 3.63. The van der Waals surface area contributed by atoms with Crippen molar-refractivity contribution in [2.75, 3.05) is 20.2 Å². The molecule has 4 heterocycles. The maximum absolute atomic E-state index is 13.9. The summed E-state index contributed by atoms with van der Waals surface area (Å²) in [5, 5.41) is 9.29. The second-order valence-electron chi connectivity index (χ2n) is 8.65.